The molecule has 0 unspecified atom stereocenters. The third kappa shape index (κ3) is 5.30. The van der Waals surface area contributed by atoms with Crippen LogP contribution in [0.2, 0.25) is 5.02 Å². The third-order valence-electron chi connectivity index (χ3n) is 3.61. The summed E-state index contributed by atoms with van der Waals surface area (Å²) < 4.78 is 1.29. The number of nitro groups is 1. The van der Waals surface area contributed by atoms with Crippen molar-refractivity contribution in [3.63, 3.8) is 0 Å². The number of thioether (sulfide) groups is 1. The molecule has 3 aromatic rings. The summed E-state index contributed by atoms with van der Waals surface area (Å²) in [5, 5.41) is 23.4. The number of halogens is 1. The molecule has 0 spiro atoms. The van der Waals surface area contributed by atoms with Gasteiger partial charge in [-0.1, -0.05) is 23.4 Å². The van der Waals surface area contributed by atoms with Crippen LogP contribution >= 0.6 is 23.4 Å². The van der Waals surface area contributed by atoms with Crippen molar-refractivity contribution in [3.05, 3.63) is 69.2 Å². The summed E-state index contributed by atoms with van der Waals surface area (Å²) in [6, 6.07) is 12.7. The zero-order valence-electron chi connectivity index (χ0n) is 14.7. The van der Waals surface area contributed by atoms with Gasteiger partial charge in [-0.25, -0.2) is 10.1 Å². The van der Waals surface area contributed by atoms with E-state index in [1.807, 2.05) is 0 Å². The SMILES string of the molecule is Nn1c(SCC(=O)N/N=C/c2ccc([N+](=O)[O-])cc2)nnc1-c1ccc(Cl)cc1. The van der Waals surface area contributed by atoms with Crippen LogP contribution in [0.4, 0.5) is 5.69 Å². The number of benzene rings is 2. The number of nitrogen functional groups attached to an aromatic ring is 1. The normalized spacial score (nSPS) is 10.9. The van der Waals surface area contributed by atoms with Gasteiger partial charge in [0.05, 0.1) is 16.9 Å². The number of nitrogens with two attached hydrogens (primary N) is 1. The van der Waals surface area contributed by atoms with E-state index in [2.05, 4.69) is 20.7 Å². The summed E-state index contributed by atoms with van der Waals surface area (Å²) in [5.41, 5.74) is 3.70. The Hall–Kier alpha value is -3.44. The van der Waals surface area contributed by atoms with Crippen molar-refractivity contribution in [1.29, 1.82) is 0 Å². The van der Waals surface area contributed by atoms with Gasteiger partial charge >= 0.3 is 0 Å². The van der Waals surface area contributed by atoms with E-state index in [1.54, 1.807) is 24.3 Å². The molecule has 148 valence electrons. The van der Waals surface area contributed by atoms with Crippen molar-refractivity contribution in [2.75, 3.05) is 11.6 Å². The second-order valence-electron chi connectivity index (χ2n) is 5.61. The zero-order chi connectivity index (χ0) is 20.8. The van der Waals surface area contributed by atoms with Crippen LogP contribution in [0.3, 0.4) is 0 Å². The number of amides is 1. The maximum absolute atomic E-state index is 11.9. The van der Waals surface area contributed by atoms with Crippen molar-refractivity contribution < 1.29 is 9.72 Å². The summed E-state index contributed by atoms with van der Waals surface area (Å²) in [7, 11) is 0. The highest BCUT2D eigenvalue weighted by Gasteiger charge is 2.13. The first-order valence-electron chi connectivity index (χ1n) is 8.09. The second-order valence-corrected chi connectivity index (χ2v) is 6.99. The molecule has 0 aliphatic rings. The molecule has 3 N–H and O–H groups in total. The Morgan fingerprint density at radius 3 is 2.59 bits per heavy atom. The van der Waals surface area contributed by atoms with Crippen molar-refractivity contribution in [2.24, 2.45) is 5.10 Å². The molecule has 29 heavy (non-hydrogen) atoms. The van der Waals surface area contributed by atoms with Crippen LogP contribution in [0.1, 0.15) is 5.56 Å². The predicted molar refractivity (Wildman–Crippen MR) is 110 cm³/mol. The first-order valence-corrected chi connectivity index (χ1v) is 9.46. The number of carbonyl (C=O) groups excluding carboxylic acids is 1. The lowest BCUT2D eigenvalue weighted by Gasteiger charge is -2.03. The van der Waals surface area contributed by atoms with Gasteiger partial charge in [0.2, 0.25) is 5.16 Å². The number of rotatable bonds is 7. The molecule has 1 amide bonds. The second kappa shape index (κ2) is 9.17. The first kappa shape index (κ1) is 20.3. The van der Waals surface area contributed by atoms with Crippen LogP contribution in [0, 0.1) is 10.1 Å². The number of nitrogens with zero attached hydrogens (tertiary/aromatic N) is 5. The largest absolute Gasteiger partial charge is 0.335 e. The molecular weight excluding hydrogens is 418 g/mol. The van der Waals surface area contributed by atoms with E-state index in [0.717, 1.165) is 17.3 Å². The van der Waals surface area contributed by atoms with Crippen LogP contribution < -0.4 is 11.3 Å². The van der Waals surface area contributed by atoms with E-state index in [1.165, 1.54) is 35.2 Å². The van der Waals surface area contributed by atoms with Gasteiger partial charge in [0.15, 0.2) is 5.82 Å². The van der Waals surface area contributed by atoms with Gasteiger partial charge in [0, 0.05) is 22.7 Å². The first-order chi connectivity index (χ1) is 13.9. The Labute approximate surface area is 173 Å². The fraction of sp³-hybridized carbons (Fsp3) is 0.0588. The number of hydrogen-bond donors (Lipinski definition) is 2. The van der Waals surface area contributed by atoms with E-state index in [0.29, 0.717) is 21.6 Å². The van der Waals surface area contributed by atoms with Crippen LogP contribution in [0.25, 0.3) is 11.4 Å². The van der Waals surface area contributed by atoms with E-state index >= 15 is 0 Å². The Morgan fingerprint density at radius 1 is 1.24 bits per heavy atom. The lowest BCUT2D eigenvalue weighted by Crippen LogP contribution is -2.20. The van der Waals surface area contributed by atoms with Gasteiger partial charge in [-0.15, -0.1) is 10.2 Å². The van der Waals surface area contributed by atoms with Crippen molar-refractivity contribution in [3.8, 4) is 11.4 Å². The number of carbonyl (C=O) groups is 1. The molecule has 3 rings (SSSR count). The van der Waals surface area contributed by atoms with E-state index in [-0.39, 0.29) is 17.3 Å². The number of nitrogens with one attached hydrogen (secondary N) is 1. The number of hydrogen-bond acceptors (Lipinski definition) is 8. The fourth-order valence-corrected chi connectivity index (χ4v) is 2.97. The highest BCUT2D eigenvalue weighted by molar-refractivity contribution is 7.99. The minimum Gasteiger partial charge on any atom is -0.335 e. The molecule has 1 heterocycles. The molecule has 12 heteroatoms. The highest BCUT2D eigenvalue weighted by atomic mass is 35.5. The minimum absolute atomic E-state index is 0.0214. The zero-order valence-corrected chi connectivity index (χ0v) is 16.3. The molecule has 0 aliphatic heterocycles. The topological polar surface area (TPSA) is 141 Å². The van der Waals surface area contributed by atoms with Gasteiger partial charge in [-0.2, -0.15) is 5.10 Å². The van der Waals surface area contributed by atoms with Gasteiger partial charge in [0.25, 0.3) is 11.6 Å². The van der Waals surface area contributed by atoms with Crippen LogP contribution in [-0.2, 0) is 4.79 Å². The average molecular weight is 432 g/mol. The summed E-state index contributed by atoms with van der Waals surface area (Å²) in [5.74, 6) is 6.09. The summed E-state index contributed by atoms with van der Waals surface area (Å²) in [4.78, 5) is 22.0. The molecule has 0 saturated carbocycles. The van der Waals surface area contributed by atoms with Crippen LogP contribution in [0.15, 0.2) is 58.8 Å². The molecule has 0 fully saturated rings. The summed E-state index contributed by atoms with van der Waals surface area (Å²) >= 11 is 6.97. The van der Waals surface area contributed by atoms with Gasteiger partial charge in [-0.3, -0.25) is 14.9 Å². The van der Waals surface area contributed by atoms with Crippen molar-refractivity contribution in [2.45, 2.75) is 5.16 Å². The molecule has 2 aromatic carbocycles. The fourth-order valence-electron chi connectivity index (χ4n) is 2.19. The number of aromatic nitrogens is 3. The highest BCUT2D eigenvalue weighted by Crippen LogP contribution is 2.22. The van der Waals surface area contributed by atoms with Crippen molar-refractivity contribution in [1.82, 2.24) is 20.3 Å². The molecule has 0 radical (unpaired) electrons. The Bertz CT molecular complexity index is 1050. The number of nitro benzene ring substituents is 1. The summed E-state index contributed by atoms with van der Waals surface area (Å²) in [6.45, 7) is 0. The third-order valence-corrected chi connectivity index (χ3v) is 4.80. The lowest BCUT2D eigenvalue weighted by molar-refractivity contribution is -0.384. The van der Waals surface area contributed by atoms with E-state index < -0.39 is 4.92 Å². The molecule has 10 nitrogen and oxygen atoms in total. The van der Waals surface area contributed by atoms with Crippen molar-refractivity contribution >= 4 is 41.2 Å². The maximum atomic E-state index is 11.9. The van der Waals surface area contributed by atoms with E-state index in [4.69, 9.17) is 17.4 Å². The van der Waals surface area contributed by atoms with Gasteiger partial charge < -0.3 is 5.84 Å². The molecule has 0 aliphatic carbocycles. The Morgan fingerprint density at radius 2 is 1.93 bits per heavy atom. The molecule has 0 bridgehead atoms. The van der Waals surface area contributed by atoms with Gasteiger partial charge in [0.1, 0.15) is 0 Å². The van der Waals surface area contributed by atoms with Gasteiger partial charge in [-0.05, 0) is 42.0 Å². The molecule has 0 atom stereocenters. The molecule has 0 saturated heterocycles. The van der Waals surface area contributed by atoms with Crippen LogP contribution in [0.5, 0.6) is 0 Å². The van der Waals surface area contributed by atoms with E-state index in [9.17, 15) is 14.9 Å². The summed E-state index contributed by atoms with van der Waals surface area (Å²) in [6.07, 6.45) is 1.39. The lowest BCUT2D eigenvalue weighted by atomic mass is 10.2. The Balaban J connectivity index is 1.53. The standard InChI is InChI=1S/C17H14ClN7O3S/c18-13-5-3-12(4-6-13)16-22-23-17(24(16)19)29-10-15(26)21-20-9-11-1-7-14(8-2-11)25(27)28/h1-9H,10,19H2,(H,21,26)/b20-9+. The monoisotopic (exact) mass is 431 g/mol. The number of non-ortho nitro benzene ring substituents is 1. The smallest absolute Gasteiger partial charge is 0.269 e. The quantitative estimate of drug-likeness (QED) is 0.192. The molecular formula is C17H14ClN7O3S. The predicted octanol–water partition coefficient (Wildman–Crippen LogP) is 2.46. The van der Waals surface area contributed by atoms with Crippen LogP contribution in [-0.4, -0.2) is 37.7 Å². The average Bonchev–Trinajstić information content (AvgIpc) is 3.08. The Kier molecular flexibility index (Phi) is 6.42. The minimum atomic E-state index is -0.492. The molecule has 1 aromatic heterocycles. The maximum Gasteiger partial charge on any atom is 0.269 e. The number of hydrazone groups is 1.